The highest BCUT2D eigenvalue weighted by Gasteiger charge is 2.19. The molecule has 22 heavy (non-hydrogen) atoms. The predicted octanol–water partition coefficient (Wildman–Crippen LogP) is 2.26. The average Bonchev–Trinajstić information content (AvgIpc) is 2.50. The number of nitro groups is 1. The molecule has 1 amide bonds. The normalized spacial score (nSPS) is 10.4. The summed E-state index contributed by atoms with van der Waals surface area (Å²) in [5.41, 5.74) is 0.289. The van der Waals surface area contributed by atoms with E-state index in [1.54, 1.807) is 4.90 Å². The van der Waals surface area contributed by atoms with E-state index in [1.807, 2.05) is 13.8 Å². The molecular formula is C15H20N2O5. The van der Waals surface area contributed by atoms with E-state index in [0.29, 0.717) is 12.1 Å². The number of carbonyl (C=O) groups excluding carboxylic acids is 2. The number of ether oxygens (including phenoxy) is 1. The summed E-state index contributed by atoms with van der Waals surface area (Å²) in [6, 6.07) is 5.43. The zero-order chi connectivity index (χ0) is 16.7. The van der Waals surface area contributed by atoms with Gasteiger partial charge < -0.3 is 9.64 Å². The van der Waals surface area contributed by atoms with E-state index in [4.69, 9.17) is 0 Å². The Morgan fingerprint density at radius 3 is 2.32 bits per heavy atom. The van der Waals surface area contributed by atoms with E-state index >= 15 is 0 Å². The summed E-state index contributed by atoms with van der Waals surface area (Å²) in [5.74, 6) is -0.405. The van der Waals surface area contributed by atoms with Crippen LogP contribution < -0.4 is 0 Å². The van der Waals surface area contributed by atoms with Crippen LogP contribution in [0, 0.1) is 16.0 Å². The zero-order valence-electron chi connectivity index (χ0n) is 12.9. The summed E-state index contributed by atoms with van der Waals surface area (Å²) in [6.07, 6.45) is 0.113. The number of esters is 1. The lowest BCUT2D eigenvalue weighted by Gasteiger charge is -2.24. The topological polar surface area (TPSA) is 89.8 Å². The molecule has 0 N–H and O–H groups in total. The Kier molecular flexibility index (Phi) is 6.49. The van der Waals surface area contributed by atoms with Crippen LogP contribution in [0.15, 0.2) is 24.3 Å². The lowest BCUT2D eigenvalue weighted by molar-refractivity contribution is -0.384. The maximum absolute atomic E-state index is 12.5. The van der Waals surface area contributed by atoms with Crippen LogP contribution in [-0.2, 0) is 9.53 Å². The van der Waals surface area contributed by atoms with Crippen molar-refractivity contribution in [1.82, 2.24) is 4.90 Å². The Morgan fingerprint density at radius 2 is 1.86 bits per heavy atom. The van der Waals surface area contributed by atoms with Crippen LogP contribution in [0.5, 0.6) is 0 Å². The Morgan fingerprint density at radius 1 is 1.27 bits per heavy atom. The summed E-state index contributed by atoms with van der Waals surface area (Å²) in [4.78, 5) is 35.4. The number of carbonyl (C=O) groups is 2. The van der Waals surface area contributed by atoms with Crippen LogP contribution in [0.2, 0.25) is 0 Å². The lowest BCUT2D eigenvalue weighted by atomic mass is 10.1. The average molecular weight is 308 g/mol. The molecule has 0 saturated carbocycles. The molecule has 0 fully saturated rings. The molecule has 0 aliphatic rings. The van der Waals surface area contributed by atoms with Gasteiger partial charge in [-0.25, -0.2) is 0 Å². The Labute approximate surface area is 129 Å². The molecule has 0 aliphatic heterocycles. The second-order valence-electron chi connectivity index (χ2n) is 5.28. The van der Waals surface area contributed by atoms with Crippen molar-refractivity contribution >= 4 is 17.6 Å². The Bertz CT molecular complexity index is 539. The quantitative estimate of drug-likeness (QED) is 0.438. The van der Waals surface area contributed by atoms with Crippen LogP contribution in [0.3, 0.4) is 0 Å². The lowest BCUT2D eigenvalue weighted by Crippen LogP contribution is -2.36. The third-order valence-electron chi connectivity index (χ3n) is 3.01. The van der Waals surface area contributed by atoms with Crippen LogP contribution >= 0.6 is 0 Å². The molecule has 0 aromatic heterocycles. The van der Waals surface area contributed by atoms with Crippen molar-refractivity contribution in [2.24, 2.45) is 5.92 Å². The van der Waals surface area contributed by atoms with E-state index in [9.17, 15) is 19.7 Å². The molecule has 0 radical (unpaired) electrons. The van der Waals surface area contributed by atoms with Crippen molar-refractivity contribution in [2.45, 2.75) is 20.3 Å². The summed E-state index contributed by atoms with van der Waals surface area (Å²) in [5, 5.41) is 10.6. The number of amides is 1. The molecule has 7 nitrogen and oxygen atoms in total. The maximum atomic E-state index is 12.5. The molecule has 1 aromatic rings. The molecule has 0 spiro atoms. The number of rotatable bonds is 7. The van der Waals surface area contributed by atoms with Gasteiger partial charge in [-0.15, -0.1) is 0 Å². The van der Waals surface area contributed by atoms with E-state index in [-0.39, 0.29) is 36.4 Å². The van der Waals surface area contributed by atoms with Gasteiger partial charge in [0.1, 0.15) is 0 Å². The van der Waals surface area contributed by atoms with E-state index in [2.05, 4.69) is 4.74 Å². The molecule has 120 valence electrons. The van der Waals surface area contributed by atoms with Gasteiger partial charge in [0.25, 0.3) is 11.6 Å². The standard InChI is InChI=1S/C15H20N2O5/c1-11(2)10-16(9-8-14(18)22-3)15(19)12-4-6-13(7-5-12)17(20)21/h4-7,11H,8-10H2,1-3H3. The molecule has 0 bridgehead atoms. The van der Waals surface area contributed by atoms with E-state index < -0.39 is 4.92 Å². The van der Waals surface area contributed by atoms with Gasteiger partial charge in [0.2, 0.25) is 0 Å². The number of nitrogens with zero attached hydrogens (tertiary/aromatic N) is 2. The molecule has 0 atom stereocenters. The van der Waals surface area contributed by atoms with Crippen molar-refractivity contribution in [1.29, 1.82) is 0 Å². The first-order chi connectivity index (χ1) is 10.3. The van der Waals surface area contributed by atoms with Gasteiger partial charge in [-0.05, 0) is 18.1 Å². The molecule has 7 heteroatoms. The third-order valence-corrected chi connectivity index (χ3v) is 3.01. The number of benzene rings is 1. The third kappa shape index (κ3) is 5.16. The van der Waals surface area contributed by atoms with Crippen molar-refractivity contribution in [3.63, 3.8) is 0 Å². The largest absolute Gasteiger partial charge is 0.469 e. The number of non-ortho nitro benzene ring substituents is 1. The van der Waals surface area contributed by atoms with Crippen molar-refractivity contribution in [3.05, 3.63) is 39.9 Å². The predicted molar refractivity (Wildman–Crippen MR) is 80.5 cm³/mol. The van der Waals surface area contributed by atoms with Gasteiger partial charge in [0.15, 0.2) is 0 Å². The van der Waals surface area contributed by atoms with Crippen LogP contribution in [-0.4, -0.2) is 41.9 Å². The van der Waals surface area contributed by atoms with Gasteiger partial charge in [-0.2, -0.15) is 0 Å². The smallest absolute Gasteiger partial charge is 0.307 e. The number of hydrogen-bond donors (Lipinski definition) is 0. The molecule has 0 saturated heterocycles. The highest BCUT2D eigenvalue weighted by molar-refractivity contribution is 5.94. The van der Waals surface area contributed by atoms with Crippen LogP contribution in [0.1, 0.15) is 30.6 Å². The second kappa shape index (κ2) is 8.11. The molecule has 0 unspecified atom stereocenters. The van der Waals surface area contributed by atoms with Gasteiger partial charge in [-0.1, -0.05) is 13.8 Å². The fourth-order valence-corrected chi connectivity index (χ4v) is 1.95. The van der Waals surface area contributed by atoms with Gasteiger partial charge in [0.05, 0.1) is 18.5 Å². The second-order valence-corrected chi connectivity index (χ2v) is 5.28. The molecule has 1 rings (SSSR count). The van der Waals surface area contributed by atoms with Gasteiger partial charge >= 0.3 is 5.97 Å². The van der Waals surface area contributed by atoms with Gasteiger partial charge in [0, 0.05) is 30.8 Å². The minimum atomic E-state index is -0.516. The molecule has 0 aliphatic carbocycles. The fourth-order valence-electron chi connectivity index (χ4n) is 1.95. The maximum Gasteiger partial charge on any atom is 0.307 e. The van der Waals surface area contributed by atoms with Crippen molar-refractivity contribution in [3.8, 4) is 0 Å². The summed E-state index contributed by atoms with van der Waals surface area (Å²) in [6.45, 7) is 4.68. The molecular weight excluding hydrogens is 288 g/mol. The first-order valence-electron chi connectivity index (χ1n) is 6.95. The summed E-state index contributed by atoms with van der Waals surface area (Å²) < 4.78 is 4.58. The highest BCUT2D eigenvalue weighted by atomic mass is 16.6. The van der Waals surface area contributed by atoms with Crippen LogP contribution in [0.25, 0.3) is 0 Å². The summed E-state index contributed by atoms with van der Waals surface area (Å²) >= 11 is 0. The molecule has 1 aromatic carbocycles. The zero-order valence-corrected chi connectivity index (χ0v) is 12.9. The first kappa shape index (κ1) is 17.6. The van der Waals surface area contributed by atoms with Gasteiger partial charge in [-0.3, -0.25) is 19.7 Å². The minimum absolute atomic E-state index is 0.0680. The first-order valence-corrected chi connectivity index (χ1v) is 6.95. The van der Waals surface area contributed by atoms with Crippen molar-refractivity contribution in [2.75, 3.05) is 20.2 Å². The van der Waals surface area contributed by atoms with Crippen molar-refractivity contribution < 1.29 is 19.2 Å². The summed E-state index contributed by atoms with van der Waals surface area (Å²) in [7, 11) is 1.30. The van der Waals surface area contributed by atoms with Crippen LogP contribution in [0.4, 0.5) is 5.69 Å². The fraction of sp³-hybridized carbons (Fsp3) is 0.467. The minimum Gasteiger partial charge on any atom is -0.469 e. The monoisotopic (exact) mass is 308 g/mol. The van der Waals surface area contributed by atoms with E-state index in [1.165, 1.54) is 31.4 Å². The Hall–Kier alpha value is -2.44. The Balaban J connectivity index is 2.85. The molecule has 0 heterocycles. The number of nitro benzene ring substituents is 1. The number of hydrogen-bond acceptors (Lipinski definition) is 5. The van der Waals surface area contributed by atoms with E-state index in [0.717, 1.165) is 0 Å². The highest BCUT2D eigenvalue weighted by Crippen LogP contribution is 2.14. The number of methoxy groups -OCH3 is 1. The SMILES string of the molecule is COC(=O)CCN(CC(C)C)C(=O)c1ccc([N+](=O)[O-])cc1.